The van der Waals surface area contributed by atoms with Crippen LogP contribution in [0, 0.1) is 12.7 Å². The van der Waals surface area contributed by atoms with Crippen LogP contribution in [0.2, 0.25) is 0 Å². The van der Waals surface area contributed by atoms with Gasteiger partial charge in [0.25, 0.3) is 0 Å². The van der Waals surface area contributed by atoms with Crippen molar-refractivity contribution in [2.24, 2.45) is 5.73 Å². The van der Waals surface area contributed by atoms with Crippen molar-refractivity contribution in [3.05, 3.63) is 59.4 Å². The predicted octanol–water partition coefficient (Wildman–Crippen LogP) is 3.79. The smallest absolute Gasteiger partial charge is 0.125 e. The van der Waals surface area contributed by atoms with Crippen LogP contribution in [0.4, 0.5) is 15.8 Å². The minimum absolute atomic E-state index is 0.153. The van der Waals surface area contributed by atoms with Crippen molar-refractivity contribution < 1.29 is 4.39 Å². The van der Waals surface area contributed by atoms with Crippen LogP contribution in [-0.4, -0.2) is 13.1 Å². The van der Waals surface area contributed by atoms with Gasteiger partial charge < -0.3 is 10.6 Å². The van der Waals surface area contributed by atoms with Crippen molar-refractivity contribution in [1.82, 2.24) is 0 Å². The first-order valence-corrected chi connectivity index (χ1v) is 6.82. The Morgan fingerprint density at radius 1 is 1.15 bits per heavy atom. The molecule has 106 valence electrons. The lowest BCUT2D eigenvalue weighted by Gasteiger charge is -2.21. The molecule has 1 unspecified atom stereocenters. The van der Waals surface area contributed by atoms with Crippen LogP contribution >= 0.6 is 0 Å². The second-order valence-corrected chi connectivity index (χ2v) is 5.33. The molecule has 0 aromatic heterocycles. The molecule has 0 fully saturated rings. The minimum atomic E-state index is -0.223. The molecular formula is C17H21FN2. The summed E-state index contributed by atoms with van der Waals surface area (Å²) in [5.74, 6) is -0.223. The molecule has 0 spiro atoms. The maximum atomic E-state index is 13.3. The van der Waals surface area contributed by atoms with Gasteiger partial charge in [0.15, 0.2) is 0 Å². The largest absolute Gasteiger partial charge is 0.345 e. The average molecular weight is 272 g/mol. The van der Waals surface area contributed by atoms with Crippen molar-refractivity contribution in [3.63, 3.8) is 0 Å². The first-order chi connectivity index (χ1) is 9.47. The van der Waals surface area contributed by atoms with E-state index in [4.69, 9.17) is 5.73 Å². The van der Waals surface area contributed by atoms with E-state index in [2.05, 4.69) is 25.1 Å². The summed E-state index contributed by atoms with van der Waals surface area (Å²) in [5.41, 5.74) is 10.2. The van der Waals surface area contributed by atoms with Gasteiger partial charge in [-0.1, -0.05) is 12.1 Å². The fraction of sp³-hybridized carbons (Fsp3) is 0.294. The molecular weight excluding hydrogens is 251 g/mol. The van der Waals surface area contributed by atoms with Crippen molar-refractivity contribution in [2.45, 2.75) is 26.3 Å². The summed E-state index contributed by atoms with van der Waals surface area (Å²) in [6, 6.07) is 13.0. The Balaban J connectivity index is 2.27. The predicted molar refractivity (Wildman–Crippen MR) is 83.0 cm³/mol. The van der Waals surface area contributed by atoms with Gasteiger partial charge in [-0.15, -0.1) is 0 Å². The highest BCUT2D eigenvalue weighted by atomic mass is 19.1. The number of halogens is 1. The molecule has 0 aliphatic heterocycles. The molecule has 2 nitrogen and oxygen atoms in total. The normalized spacial score (nSPS) is 12.2. The number of aryl methyl sites for hydroxylation is 1. The van der Waals surface area contributed by atoms with Crippen molar-refractivity contribution in [3.8, 4) is 0 Å². The number of anilines is 2. The van der Waals surface area contributed by atoms with Crippen LogP contribution in [0.5, 0.6) is 0 Å². The lowest BCUT2D eigenvalue weighted by atomic mass is 10.0. The number of hydrogen-bond donors (Lipinski definition) is 1. The molecule has 0 aliphatic rings. The minimum Gasteiger partial charge on any atom is -0.345 e. The monoisotopic (exact) mass is 272 g/mol. The van der Waals surface area contributed by atoms with Crippen LogP contribution in [-0.2, 0) is 6.42 Å². The molecule has 3 heteroatoms. The molecule has 0 radical (unpaired) electrons. The van der Waals surface area contributed by atoms with Crippen LogP contribution in [0.25, 0.3) is 0 Å². The molecule has 0 saturated carbocycles. The average Bonchev–Trinajstić information content (AvgIpc) is 2.40. The second kappa shape index (κ2) is 6.06. The third-order valence-corrected chi connectivity index (χ3v) is 3.45. The molecule has 1 atom stereocenters. The highest BCUT2D eigenvalue weighted by Gasteiger charge is 2.08. The highest BCUT2D eigenvalue weighted by molar-refractivity contribution is 5.63. The van der Waals surface area contributed by atoms with Crippen LogP contribution < -0.4 is 10.6 Å². The fourth-order valence-electron chi connectivity index (χ4n) is 2.30. The molecule has 20 heavy (non-hydrogen) atoms. The molecule has 0 heterocycles. The van der Waals surface area contributed by atoms with Gasteiger partial charge in [-0.05, 0) is 61.7 Å². The lowest BCUT2D eigenvalue weighted by Crippen LogP contribution is -2.18. The first-order valence-electron chi connectivity index (χ1n) is 6.82. The Morgan fingerprint density at radius 3 is 2.45 bits per heavy atom. The van der Waals surface area contributed by atoms with E-state index in [0.29, 0.717) is 0 Å². The van der Waals surface area contributed by atoms with Crippen LogP contribution in [0.15, 0.2) is 42.5 Å². The summed E-state index contributed by atoms with van der Waals surface area (Å²) in [6.45, 7) is 4.09. The zero-order valence-electron chi connectivity index (χ0n) is 12.2. The van der Waals surface area contributed by atoms with Gasteiger partial charge in [0.1, 0.15) is 5.82 Å². The summed E-state index contributed by atoms with van der Waals surface area (Å²) >= 11 is 0. The maximum Gasteiger partial charge on any atom is 0.125 e. The van der Waals surface area contributed by atoms with Gasteiger partial charge in [0, 0.05) is 24.5 Å². The van der Waals surface area contributed by atoms with Crippen LogP contribution in [0.3, 0.4) is 0 Å². The lowest BCUT2D eigenvalue weighted by molar-refractivity contribution is 0.628. The summed E-state index contributed by atoms with van der Waals surface area (Å²) in [7, 11) is 1.94. The van der Waals surface area contributed by atoms with E-state index in [0.717, 1.165) is 17.8 Å². The molecule has 0 aliphatic carbocycles. The Labute approximate surface area is 120 Å². The Morgan fingerprint density at radius 2 is 1.85 bits per heavy atom. The van der Waals surface area contributed by atoms with Crippen LogP contribution in [0.1, 0.15) is 18.1 Å². The summed E-state index contributed by atoms with van der Waals surface area (Å²) < 4.78 is 13.3. The maximum absolute atomic E-state index is 13.3. The standard InChI is InChI=1S/C17H21FN2/c1-12-9-17(8-7-14(12)10-13(2)19)20(3)16-6-4-5-15(18)11-16/h4-9,11,13H,10,19H2,1-3H3. The van der Waals surface area contributed by atoms with Crippen molar-refractivity contribution in [1.29, 1.82) is 0 Å². The Bertz CT molecular complexity index is 593. The number of nitrogens with two attached hydrogens (primary N) is 1. The van der Waals surface area contributed by atoms with E-state index in [1.807, 2.05) is 24.9 Å². The van der Waals surface area contributed by atoms with Gasteiger partial charge in [-0.2, -0.15) is 0 Å². The topological polar surface area (TPSA) is 29.3 Å². The molecule has 2 aromatic carbocycles. The molecule has 2 N–H and O–H groups in total. The van der Waals surface area contributed by atoms with Gasteiger partial charge in [-0.25, -0.2) is 4.39 Å². The van der Waals surface area contributed by atoms with E-state index in [9.17, 15) is 4.39 Å². The van der Waals surface area contributed by atoms with Gasteiger partial charge in [-0.3, -0.25) is 0 Å². The van der Waals surface area contributed by atoms with E-state index in [1.54, 1.807) is 6.07 Å². The Hall–Kier alpha value is -1.87. The number of hydrogen-bond acceptors (Lipinski definition) is 2. The van der Waals surface area contributed by atoms with Gasteiger partial charge in [0.05, 0.1) is 0 Å². The number of benzene rings is 2. The van der Waals surface area contributed by atoms with E-state index < -0.39 is 0 Å². The summed E-state index contributed by atoms with van der Waals surface area (Å²) in [5, 5.41) is 0. The quantitative estimate of drug-likeness (QED) is 0.917. The summed E-state index contributed by atoms with van der Waals surface area (Å²) in [4.78, 5) is 1.98. The zero-order valence-corrected chi connectivity index (χ0v) is 12.2. The molecule has 0 amide bonds. The number of nitrogens with zero attached hydrogens (tertiary/aromatic N) is 1. The molecule has 0 saturated heterocycles. The third kappa shape index (κ3) is 3.36. The van der Waals surface area contributed by atoms with Gasteiger partial charge >= 0.3 is 0 Å². The van der Waals surface area contributed by atoms with Crippen molar-refractivity contribution in [2.75, 3.05) is 11.9 Å². The van der Waals surface area contributed by atoms with Gasteiger partial charge in [0.2, 0.25) is 0 Å². The van der Waals surface area contributed by atoms with E-state index in [1.165, 1.54) is 23.3 Å². The number of rotatable bonds is 4. The second-order valence-electron chi connectivity index (χ2n) is 5.33. The third-order valence-electron chi connectivity index (χ3n) is 3.45. The molecule has 0 bridgehead atoms. The molecule has 2 aromatic rings. The highest BCUT2D eigenvalue weighted by Crippen LogP contribution is 2.26. The van der Waals surface area contributed by atoms with E-state index in [-0.39, 0.29) is 11.9 Å². The summed E-state index contributed by atoms with van der Waals surface area (Å²) in [6.07, 6.45) is 0.871. The Kier molecular flexibility index (Phi) is 4.40. The fourth-order valence-corrected chi connectivity index (χ4v) is 2.30. The molecule has 2 rings (SSSR count). The first kappa shape index (κ1) is 14.5. The van der Waals surface area contributed by atoms with Crippen molar-refractivity contribution >= 4 is 11.4 Å². The SMILES string of the molecule is Cc1cc(N(C)c2cccc(F)c2)ccc1CC(C)N. The van der Waals surface area contributed by atoms with E-state index >= 15 is 0 Å². The zero-order chi connectivity index (χ0) is 14.7.